The third-order valence-corrected chi connectivity index (χ3v) is 7.30. The molecule has 0 saturated carbocycles. The summed E-state index contributed by atoms with van der Waals surface area (Å²) < 4.78 is 42.3. The molecule has 0 unspecified atom stereocenters. The number of benzene rings is 2. The largest absolute Gasteiger partial charge is 0.492 e. The molecule has 1 fully saturated rings. The second-order valence-corrected chi connectivity index (χ2v) is 10.5. The Morgan fingerprint density at radius 3 is 2.64 bits per heavy atom. The Bertz CT molecular complexity index is 1190. The van der Waals surface area contributed by atoms with Crippen LogP contribution >= 0.6 is 11.3 Å². The van der Waals surface area contributed by atoms with Gasteiger partial charge >= 0.3 is 0 Å². The molecule has 10 heteroatoms. The van der Waals surface area contributed by atoms with Crippen LogP contribution in [-0.4, -0.2) is 50.7 Å². The Hall–Kier alpha value is -2.53. The summed E-state index contributed by atoms with van der Waals surface area (Å²) in [4.78, 5) is 6.90. The lowest BCUT2D eigenvalue weighted by Crippen LogP contribution is -2.37. The Morgan fingerprint density at radius 1 is 1.21 bits per heavy atom. The van der Waals surface area contributed by atoms with Crippen LogP contribution in [0.25, 0.3) is 11.3 Å². The smallest absolute Gasteiger partial charge is 0.238 e. The molecule has 2 aromatic carbocycles. The number of rotatable bonds is 8. The Kier molecular flexibility index (Phi) is 7.28. The Labute approximate surface area is 197 Å². The standard InChI is InChI=1S/C23H27FN4O3S2/c1-16-2-7-20(33(25,29)30)14-21(16)26-23-27-22(15-32-23)17-3-5-19(6-4-17)31-13-12-28-10-8-18(24)9-11-28/h2-7,14-15,18H,8-13H2,1H3,(H,26,27)(H2,25,29,30). The molecule has 7 nitrogen and oxygen atoms in total. The zero-order valence-corrected chi connectivity index (χ0v) is 20.0. The molecule has 176 valence electrons. The van der Waals surface area contributed by atoms with Gasteiger partial charge in [-0.25, -0.2) is 22.9 Å². The molecule has 0 amide bonds. The number of nitrogens with one attached hydrogen (secondary N) is 1. The molecule has 2 heterocycles. The minimum atomic E-state index is -3.78. The number of thiazole rings is 1. The number of alkyl halides is 1. The van der Waals surface area contributed by atoms with E-state index in [0.717, 1.165) is 42.2 Å². The molecule has 1 aliphatic rings. The number of nitrogens with two attached hydrogens (primary N) is 1. The second kappa shape index (κ2) is 10.2. The first-order valence-electron chi connectivity index (χ1n) is 10.7. The average Bonchev–Trinajstić information content (AvgIpc) is 3.25. The summed E-state index contributed by atoms with van der Waals surface area (Å²) in [5.74, 6) is 0.781. The van der Waals surface area contributed by atoms with E-state index in [4.69, 9.17) is 9.88 Å². The zero-order chi connectivity index (χ0) is 23.4. The highest BCUT2D eigenvalue weighted by Crippen LogP contribution is 2.30. The number of aromatic nitrogens is 1. The van der Waals surface area contributed by atoms with Gasteiger partial charge in [-0.3, -0.25) is 4.90 Å². The minimum Gasteiger partial charge on any atom is -0.492 e. The number of ether oxygens (including phenoxy) is 1. The number of primary sulfonamides is 1. The SMILES string of the molecule is Cc1ccc(S(N)(=O)=O)cc1Nc1nc(-c2ccc(OCCN3CCC(F)CC3)cc2)cs1. The molecule has 3 aromatic rings. The maximum absolute atomic E-state index is 13.2. The van der Waals surface area contributed by atoms with Gasteiger partial charge in [-0.2, -0.15) is 0 Å². The first-order chi connectivity index (χ1) is 15.8. The summed E-state index contributed by atoms with van der Waals surface area (Å²) in [7, 11) is -3.78. The molecule has 1 aromatic heterocycles. The molecule has 4 rings (SSSR count). The maximum Gasteiger partial charge on any atom is 0.238 e. The number of hydrogen-bond acceptors (Lipinski definition) is 7. The van der Waals surface area contributed by atoms with Crippen LogP contribution in [0.2, 0.25) is 0 Å². The number of likely N-dealkylation sites (tertiary alicyclic amines) is 1. The van der Waals surface area contributed by atoms with E-state index in [2.05, 4.69) is 15.2 Å². The molecule has 1 aliphatic heterocycles. The predicted molar refractivity (Wildman–Crippen MR) is 129 cm³/mol. The van der Waals surface area contributed by atoms with Crippen LogP contribution < -0.4 is 15.2 Å². The summed E-state index contributed by atoms with van der Waals surface area (Å²) in [5.41, 5.74) is 3.28. The van der Waals surface area contributed by atoms with Crippen LogP contribution in [0, 0.1) is 6.92 Å². The van der Waals surface area contributed by atoms with Crippen molar-refractivity contribution in [3.8, 4) is 17.0 Å². The van der Waals surface area contributed by atoms with Crippen LogP contribution in [0.4, 0.5) is 15.2 Å². The number of piperidine rings is 1. The second-order valence-electron chi connectivity index (χ2n) is 8.07. The van der Waals surface area contributed by atoms with Crippen molar-refractivity contribution in [1.82, 2.24) is 9.88 Å². The van der Waals surface area contributed by atoms with E-state index in [0.29, 0.717) is 30.3 Å². The van der Waals surface area contributed by atoms with Gasteiger partial charge in [0.25, 0.3) is 0 Å². The van der Waals surface area contributed by atoms with Crippen molar-refractivity contribution in [3.05, 3.63) is 53.4 Å². The first kappa shape index (κ1) is 23.6. The normalized spacial score (nSPS) is 15.5. The number of aryl methyl sites for hydroxylation is 1. The Morgan fingerprint density at radius 2 is 1.94 bits per heavy atom. The van der Waals surface area contributed by atoms with Crippen molar-refractivity contribution in [2.75, 3.05) is 31.6 Å². The summed E-state index contributed by atoms with van der Waals surface area (Å²) in [6, 6.07) is 12.4. The number of nitrogens with zero attached hydrogens (tertiary/aromatic N) is 2. The summed E-state index contributed by atoms with van der Waals surface area (Å²) in [5, 5.41) is 11.0. The van der Waals surface area contributed by atoms with Crippen LogP contribution in [-0.2, 0) is 10.0 Å². The van der Waals surface area contributed by atoms with Gasteiger partial charge in [0.2, 0.25) is 10.0 Å². The van der Waals surface area contributed by atoms with Gasteiger partial charge in [-0.05, 0) is 61.7 Å². The monoisotopic (exact) mass is 490 g/mol. The van der Waals surface area contributed by atoms with Crippen LogP contribution in [0.1, 0.15) is 18.4 Å². The molecule has 3 N–H and O–H groups in total. The number of halogens is 1. The fourth-order valence-corrected chi connectivity index (χ4v) is 4.90. The molecule has 0 bridgehead atoms. The maximum atomic E-state index is 13.2. The van der Waals surface area contributed by atoms with Crippen LogP contribution in [0.15, 0.2) is 52.7 Å². The fourth-order valence-electron chi connectivity index (χ4n) is 3.63. The van der Waals surface area contributed by atoms with E-state index in [1.807, 2.05) is 36.6 Å². The van der Waals surface area contributed by atoms with E-state index >= 15 is 0 Å². The van der Waals surface area contributed by atoms with Crippen LogP contribution in [0.5, 0.6) is 5.75 Å². The highest BCUT2D eigenvalue weighted by Gasteiger charge is 2.18. The Balaban J connectivity index is 1.35. The van der Waals surface area contributed by atoms with E-state index in [-0.39, 0.29) is 4.90 Å². The van der Waals surface area contributed by atoms with Crippen molar-refractivity contribution in [3.63, 3.8) is 0 Å². The third-order valence-electron chi connectivity index (χ3n) is 5.63. The van der Waals surface area contributed by atoms with E-state index in [1.54, 1.807) is 6.07 Å². The van der Waals surface area contributed by atoms with Crippen molar-refractivity contribution in [1.29, 1.82) is 0 Å². The predicted octanol–water partition coefficient (Wildman–Crippen LogP) is 4.32. The molecular weight excluding hydrogens is 463 g/mol. The summed E-state index contributed by atoms with van der Waals surface area (Å²) >= 11 is 1.43. The molecule has 0 spiro atoms. The molecule has 33 heavy (non-hydrogen) atoms. The average molecular weight is 491 g/mol. The highest BCUT2D eigenvalue weighted by molar-refractivity contribution is 7.89. The number of anilines is 2. The quantitative estimate of drug-likeness (QED) is 0.488. The van der Waals surface area contributed by atoms with Crippen molar-refractivity contribution >= 4 is 32.2 Å². The van der Waals surface area contributed by atoms with Gasteiger partial charge in [0.05, 0.1) is 10.6 Å². The van der Waals surface area contributed by atoms with Gasteiger partial charge in [-0.15, -0.1) is 11.3 Å². The molecule has 0 radical (unpaired) electrons. The van der Waals surface area contributed by atoms with E-state index < -0.39 is 16.2 Å². The summed E-state index contributed by atoms with van der Waals surface area (Å²) in [6.07, 6.45) is 0.555. The third kappa shape index (κ3) is 6.29. The first-order valence-corrected chi connectivity index (χ1v) is 13.2. The summed E-state index contributed by atoms with van der Waals surface area (Å²) in [6.45, 7) is 4.82. The van der Waals surface area contributed by atoms with Crippen molar-refractivity contribution in [2.45, 2.75) is 30.8 Å². The van der Waals surface area contributed by atoms with E-state index in [1.165, 1.54) is 23.5 Å². The molecule has 0 aliphatic carbocycles. The van der Waals surface area contributed by atoms with Crippen LogP contribution in [0.3, 0.4) is 0 Å². The number of sulfonamides is 1. The lowest BCUT2D eigenvalue weighted by Gasteiger charge is -2.28. The number of hydrogen-bond donors (Lipinski definition) is 2. The molecular formula is C23H27FN4O3S2. The van der Waals surface area contributed by atoms with Gasteiger partial charge in [0, 0.05) is 36.3 Å². The lowest BCUT2D eigenvalue weighted by molar-refractivity contribution is 0.132. The van der Waals surface area contributed by atoms with Gasteiger partial charge in [0.15, 0.2) is 5.13 Å². The van der Waals surface area contributed by atoms with Gasteiger partial charge < -0.3 is 10.1 Å². The van der Waals surface area contributed by atoms with E-state index in [9.17, 15) is 12.8 Å². The van der Waals surface area contributed by atoms with Crippen molar-refractivity contribution < 1.29 is 17.5 Å². The molecule has 1 saturated heterocycles. The molecule has 0 atom stereocenters. The highest BCUT2D eigenvalue weighted by atomic mass is 32.2. The fraction of sp³-hybridized carbons (Fsp3) is 0.348. The van der Waals surface area contributed by atoms with Gasteiger partial charge in [-0.1, -0.05) is 6.07 Å². The van der Waals surface area contributed by atoms with Gasteiger partial charge in [0.1, 0.15) is 18.5 Å². The lowest BCUT2D eigenvalue weighted by atomic mass is 10.1. The minimum absolute atomic E-state index is 0.0508. The zero-order valence-electron chi connectivity index (χ0n) is 18.3. The van der Waals surface area contributed by atoms with Crippen molar-refractivity contribution in [2.24, 2.45) is 5.14 Å². The topological polar surface area (TPSA) is 97.5 Å².